The van der Waals surface area contributed by atoms with Crippen molar-refractivity contribution >= 4 is 34.7 Å². The lowest BCUT2D eigenvalue weighted by atomic mass is 10.2. The minimum absolute atomic E-state index is 0.186. The molecular weight excluding hydrogens is 284 g/mol. The van der Waals surface area contributed by atoms with Crippen LogP contribution in [0.4, 0.5) is 5.82 Å². The van der Waals surface area contributed by atoms with E-state index in [1.165, 1.54) is 17.4 Å². The average molecular weight is 297 g/mol. The second-order valence-corrected chi connectivity index (χ2v) is 5.18. The molecule has 0 saturated heterocycles. The second-order valence-electron chi connectivity index (χ2n) is 3.86. The predicted molar refractivity (Wildman–Crippen MR) is 76.8 cm³/mol. The molecule has 0 aliphatic rings. The van der Waals surface area contributed by atoms with Crippen LogP contribution in [0.2, 0.25) is 5.15 Å². The number of aromatic nitrogens is 2. The van der Waals surface area contributed by atoms with Crippen LogP contribution in [0.15, 0.2) is 17.6 Å². The molecule has 0 spiro atoms. The molecule has 2 N–H and O–H groups in total. The number of carbonyl (C=O) groups is 1. The fourth-order valence-corrected chi connectivity index (χ4v) is 2.44. The maximum absolute atomic E-state index is 12.0. The Morgan fingerprint density at radius 3 is 2.89 bits per heavy atom. The Morgan fingerprint density at radius 2 is 2.26 bits per heavy atom. The van der Waals surface area contributed by atoms with Crippen LogP contribution in [-0.4, -0.2) is 22.9 Å². The number of carbonyl (C=O) groups excluding carboxylic acids is 1. The van der Waals surface area contributed by atoms with E-state index in [9.17, 15) is 4.79 Å². The monoisotopic (exact) mass is 296 g/mol. The van der Waals surface area contributed by atoms with Gasteiger partial charge in [0.05, 0.1) is 17.7 Å². The van der Waals surface area contributed by atoms with E-state index in [1.807, 2.05) is 6.92 Å². The molecule has 2 heterocycles. The van der Waals surface area contributed by atoms with E-state index < -0.39 is 0 Å². The lowest BCUT2D eigenvalue weighted by Crippen LogP contribution is -2.23. The number of amides is 1. The van der Waals surface area contributed by atoms with Crippen LogP contribution in [0.1, 0.15) is 20.9 Å². The van der Waals surface area contributed by atoms with Gasteiger partial charge in [0.1, 0.15) is 11.0 Å². The fourth-order valence-electron chi connectivity index (χ4n) is 1.51. The first kappa shape index (κ1) is 13.8. The molecule has 0 aromatic carbocycles. The van der Waals surface area contributed by atoms with Crippen LogP contribution in [0.3, 0.4) is 0 Å². The number of aryl methyl sites for hydroxylation is 1. The summed E-state index contributed by atoms with van der Waals surface area (Å²) in [6, 6.07) is 3.19. The van der Waals surface area contributed by atoms with E-state index in [0.717, 1.165) is 10.6 Å². The van der Waals surface area contributed by atoms with E-state index >= 15 is 0 Å². The Bertz CT molecular complexity index is 599. The predicted octanol–water partition coefficient (Wildman–Crippen LogP) is 2.47. The molecule has 0 saturated carbocycles. The number of halogens is 1. The highest BCUT2D eigenvalue weighted by atomic mass is 35.5. The highest BCUT2D eigenvalue weighted by Gasteiger charge is 2.10. The minimum Gasteiger partial charge on any atom is -0.373 e. The van der Waals surface area contributed by atoms with Crippen molar-refractivity contribution in [3.8, 4) is 0 Å². The molecule has 2 aromatic heterocycles. The van der Waals surface area contributed by atoms with E-state index in [2.05, 4.69) is 20.6 Å². The van der Waals surface area contributed by atoms with Crippen LogP contribution in [-0.2, 0) is 6.54 Å². The van der Waals surface area contributed by atoms with Crippen LogP contribution in [0, 0.1) is 6.92 Å². The van der Waals surface area contributed by atoms with Crippen molar-refractivity contribution in [2.75, 3.05) is 12.4 Å². The molecule has 2 aromatic rings. The largest absolute Gasteiger partial charge is 0.373 e. The van der Waals surface area contributed by atoms with Gasteiger partial charge in [0.25, 0.3) is 5.91 Å². The van der Waals surface area contributed by atoms with Gasteiger partial charge in [-0.05, 0) is 19.1 Å². The van der Waals surface area contributed by atoms with Gasteiger partial charge >= 0.3 is 0 Å². The molecule has 2 rings (SSSR count). The molecule has 0 aliphatic carbocycles. The van der Waals surface area contributed by atoms with E-state index in [-0.39, 0.29) is 11.1 Å². The summed E-state index contributed by atoms with van der Waals surface area (Å²) >= 11 is 7.38. The number of nitrogens with zero attached hydrogens (tertiary/aromatic N) is 2. The van der Waals surface area contributed by atoms with Gasteiger partial charge in [0, 0.05) is 17.5 Å². The summed E-state index contributed by atoms with van der Waals surface area (Å²) in [5.41, 5.74) is 3.18. The summed E-state index contributed by atoms with van der Waals surface area (Å²) in [5, 5.41) is 5.98. The SMILES string of the molecule is CNc1cc(C(=O)NCc2scnc2C)cc(Cl)n1. The summed E-state index contributed by atoms with van der Waals surface area (Å²) in [7, 11) is 1.72. The summed E-state index contributed by atoms with van der Waals surface area (Å²) < 4.78 is 0. The van der Waals surface area contributed by atoms with Gasteiger partial charge in [-0.3, -0.25) is 4.79 Å². The van der Waals surface area contributed by atoms with Gasteiger partial charge in [-0.2, -0.15) is 0 Å². The minimum atomic E-state index is -0.186. The third-order valence-corrected chi connectivity index (χ3v) is 3.70. The zero-order chi connectivity index (χ0) is 13.8. The van der Waals surface area contributed by atoms with Crippen molar-refractivity contribution in [2.24, 2.45) is 0 Å². The number of nitrogens with one attached hydrogen (secondary N) is 2. The molecule has 0 radical (unpaired) electrons. The number of thiazole rings is 1. The van der Waals surface area contributed by atoms with Crippen molar-refractivity contribution in [1.29, 1.82) is 0 Å². The van der Waals surface area contributed by atoms with Gasteiger partial charge in [-0.1, -0.05) is 11.6 Å². The second kappa shape index (κ2) is 5.99. The molecule has 5 nitrogen and oxygen atoms in total. The first-order chi connectivity index (χ1) is 9.10. The quantitative estimate of drug-likeness (QED) is 0.851. The number of pyridine rings is 1. The van der Waals surface area contributed by atoms with Crippen LogP contribution >= 0.6 is 22.9 Å². The first-order valence-corrected chi connectivity index (χ1v) is 6.88. The molecule has 7 heteroatoms. The smallest absolute Gasteiger partial charge is 0.251 e. The Labute approximate surface area is 120 Å². The Hall–Kier alpha value is -1.66. The lowest BCUT2D eigenvalue weighted by Gasteiger charge is -2.06. The molecule has 100 valence electrons. The van der Waals surface area contributed by atoms with Crippen molar-refractivity contribution < 1.29 is 4.79 Å². The molecule has 0 atom stereocenters. The van der Waals surface area contributed by atoms with Gasteiger partial charge in [0.15, 0.2) is 0 Å². The van der Waals surface area contributed by atoms with Crippen molar-refractivity contribution in [1.82, 2.24) is 15.3 Å². The van der Waals surface area contributed by atoms with Gasteiger partial charge in [-0.15, -0.1) is 11.3 Å². The Balaban J connectivity index is 2.08. The number of anilines is 1. The van der Waals surface area contributed by atoms with E-state index in [1.54, 1.807) is 18.6 Å². The zero-order valence-electron chi connectivity index (χ0n) is 10.5. The maximum atomic E-state index is 12.0. The standard InChI is InChI=1S/C12H13ClN4OS/c1-7-9(19-6-16-7)5-15-12(18)8-3-10(13)17-11(4-8)14-2/h3-4,6H,5H2,1-2H3,(H,14,17)(H,15,18). The van der Waals surface area contributed by atoms with E-state index in [0.29, 0.717) is 17.9 Å². The van der Waals surface area contributed by atoms with Crippen LogP contribution in [0.25, 0.3) is 0 Å². The highest BCUT2D eigenvalue weighted by molar-refractivity contribution is 7.09. The molecule has 0 aliphatic heterocycles. The zero-order valence-corrected chi connectivity index (χ0v) is 12.1. The first-order valence-electron chi connectivity index (χ1n) is 5.62. The number of rotatable bonds is 4. The molecular formula is C12H13ClN4OS. The Morgan fingerprint density at radius 1 is 1.47 bits per heavy atom. The van der Waals surface area contributed by atoms with Crippen molar-refractivity contribution in [2.45, 2.75) is 13.5 Å². The highest BCUT2D eigenvalue weighted by Crippen LogP contribution is 2.15. The summed E-state index contributed by atoms with van der Waals surface area (Å²) in [6.45, 7) is 2.38. The normalized spacial score (nSPS) is 10.3. The molecule has 0 fully saturated rings. The fraction of sp³-hybridized carbons (Fsp3) is 0.250. The summed E-state index contributed by atoms with van der Waals surface area (Å²) in [4.78, 5) is 21.2. The molecule has 0 bridgehead atoms. The third-order valence-electron chi connectivity index (χ3n) is 2.57. The third kappa shape index (κ3) is 3.42. The summed E-state index contributed by atoms with van der Waals surface area (Å²) in [6.07, 6.45) is 0. The van der Waals surface area contributed by atoms with Crippen LogP contribution < -0.4 is 10.6 Å². The van der Waals surface area contributed by atoms with Gasteiger partial charge < -0.3 is 10.6 Å². The number of hydrogen-bond acceptors (Lipinski definition) is 5. The maximum Gasteiger partial charge on any atom is 0.251 e. The van der Waals surface area contributed by atoms with E-state index in [4.69, 9.17) is 11.6 Å². The topological polar surface area (TPSA) is 66.9 Å². The van der Waals surface area contributed by atoms with Gasteiger partial charge in [-0.25, -0.2) is 9.97 Å². The molecule has 19 heavy (non-hydrogen) atoms. The van der Waals surface area contributed by atoms with Gasteiger partial charge in [0.2, 0.25) is 0 Å². The van der Waals surface area contributed by atoms with Crippen molar-refractivity contribution in [3.63, 3.8) is 0 Å². The number of hydrogen-bond donors (Lipinski definition) is 2. The molecule has 1 amide bonds. The molecule has 0 unspecified atom stereocenters. The average Bonchev–Trinajstić information content (AvgIpc) is 2.80. The lowest BCUT2D eigenvalue weighted by molar-refractivity contribution is 0.0951. The Kier molecular flexibility index (Phi) is 4.34. The summed E-state index contributed by atoms with van der Waals surface area (Å²) in [5.74, 6) is 0.375. The van der Waals surface area contributed by atoms with Crippen LogP contribution in [0.5, 0.6) is 0 Å². The van der Waals surface area contributed by atoms with Crippen molar-refractivity contribution in [3.05, 3.63) is 38.9 Å².